The van der Waals surface area contributed by atoms with Gasteiger partial charge in [0.2, 0.25) is 0 Å². The molecule has 1 heteroatoms. The van der Waals surface area contributed by atoms with Gasteiger partial charge in [-0.15, -0.1) is 0 Å². The van der Waals surface area contributed by atoms with E-state index < -0.39 is 0 Å². The van der Waals surface area contributed by atoms with Gasteiger partial charge < -0.3 is 4.90 Å². The van der Waals surface area contributed by atoms with Gasteiger partial charge >= 0.3 is 0 Å². The lowest BCUT2D eigenvalue weighted by Crippen LogP contribution is -2.28. The lowest BCUT2D eigenvalue weighted by molar-refractivity contribution is 0.247. The summed E-state index contributed by atoms with van der Waals surface area (Å²) in [5, 5.41) is 0. The van der Waals surface area contributed by atoms with Gasteiger partial charge in [-0.2, -0.15) is 0 Å². The van der Waals surface area contributed by atoms with Crippen LogP contribution >= 0.6 is 0 Å². The Kier molecular flexibility index (Phi) is 11.9. The molecule has 1 nitrogen and oxygen atoms in total. The van der Waals surface area contributed by atoms with Crippen LogP contribution in [0.5, 0.6) is 0 Å². The second-order valence-corrected chi connectivity index (χ2v) is 3.89. The molecule has 0 spiro atoms. The van der Waals surface area contributed by atoms with Gasteiger partial charge in [-0.1, -0.05) is 34.6 Å². The van der Waals surface area contributed by atoms with Crippen molar-refractivity contribution in [3.63, 3.8) is 0 Å². The Bertz CT molecular complexity index is 89.1. The van der Waals surface area contributed by atoms with Crippen LogP contribution in [0, 0.1) is 5.92 Å². The first-order valence-corrected chi connectivity index (χ1v) is 5.78. The third kappa shape index (κ3) is 9.88. The summed E-state index contributed by atoms with van der Waals surface area (Å²) in [6.07, 6.45) is 2.69. The number of nitrogens with zero attached hydrogens (tertiary/aromatic N) is 1. The van der Waals surface area contributed by atoms with Crippen molar-refractivity contribution in [2.75, 3.05) is 13.6 Å². The van der Waals surface area contributed by atoms with E-state index in [2.05, 4.69) is 39.6 Å². The average molecular weight is 187 g/mol. The minimum Gasteiger partial charge on any atom is -0.304 e. The van der Waals surface area contributed by atoms with Gasteiger partial charge in [0, 0.05) is 6.04 Å². The summed E-state index contributed by atoms with van der Waals surface area (Å²) in [5.41, 5.74) is 0. The summed E-state index contributed by atoms with van der Waals surface area (Å²) in [7, 11) is 2.20. The fraction of sp³-hybridized carbons (Fsp3) is 1.00. The summed E-state index contributed by atoms with van der Waals surface area (Å²) >= 11 is 0. The molecule has 0 aromatic heterocycles. The standard InChI is InChI=1S/C10H23N.C2H6/c1-6-11(5)10(4)8-7-9(2)3;1-2/h9-10H,6-8H2,1-5H3;1-2H3. The molecule has 0 amide bonds. The van der Waals surface area contributed by atoms with Crippen molar-refractivity contribution in [2.45, 2.75) is 60.4 Å². The van der Waals surface area contributed by atoms with Crippen LogP contribution in [0.2, 0.25) is 0 Å². The smallest absolute Gasteiger partial charge is 0.00638 e. The highest BCUT2D eigenvalue weighted by molar-refractivity contribution is 4.62. The van der Waals surface area contributed by atoms with Crippen molar-refractivity contribution >= 4 is 0 Å². The molecule has 0 bridgehead atoms. The molecule has 0 aromatic carbocycles. The molecule has 0 aliphatic rings. The highest BCUT2D eigenvalue weighted by Gasteiger charge is 2.06. The topological polar surface area (TPSA) is 3.24 Å². The fourth-order valence-corrected chi connectivity index (χ4v) is 1.11. The van der Waals surface area contributed by atoms with E-state index in [1.165, 1.54) is 19.4 Å². The van der Waals surface area contributed by atoms with Gasteiger partial charge in [0.25, 0.3) is 0 Å². The number of hydrogen-bond acceptors (Lipinski definition) is 1. The Morgan fingerprint density at radius 3 is 1.77 bits per heavy atom. The zero-order valence-corrected chi connectivity index (χ0v) is 10.7. The zero-order chi connectivity index (χ0) is 10.9. The molecule has 1 atom stereocenters. The molecule has 0 saturated carbocycles. The van der Waals surface area contributed by atoms with Crippen molar-refractivity contribution < 1.29 is 0 Å². The Morgan fingerprint density at radius 2 is 1.46 bits per heavy atom. The molecule has 0 radical (unpaired) electrons. The molecule has 13 heavy (non-hydrogen) atoms. The Hall–Kier alpha value is -0.0400. The van der Waals surface area contributed by atoms with E-state index in [9.17, 15) is 0 Å². The maximum Gasteiger partial charge on any atom is 0.00638 e. The van der Waals surface area contributed by atoms with Gasteiger partial charge in [-0.3, -0.25) is 0 Å². The number of rotatable bonds is 5. The van der Waals surface area contributed by atoms with Gasteiger partial charge in [-0.25, -0.2) is 0 Å². The van der Waals surface area contributed by atoms with Crippen LogP contribution in [-0.4, -0.2) is 24.5 Å². The van der Waals surface area contributed by atoms with Crippen LogP contribution in [0.15, 0.2) is 0 Å². The molecule has 82 valence electrons. The monoisotopic (exact) mass is 187 g/mol. The second-order valence-electron chi connectivity index (χ2n) is 3.89. The van der Waals surface area contributed by atoms with Gasteiger partial charge in [0.05, 0.1) is 0 Å². The Morgan fingerprint density at radius 1 is 1.00 bits per heavy atom. The van der Waals surface area contributed by atoms with Crippen LogP contribution in [0.3, 0.4) is 0 Å². The van der Waals surface area contributed by atoms with Crippen LogP contribution in [-0.2, 0) is 0 Å². The van der Waals surface area contributed by atoms with Crippen LogP contribution in [0.25, 0.3) is 0 Å². The minimum atomic E-state index is 0.752. The third-order valence-corrected chi connectivity index (χ3v) is 2.41. The molecule has 1 unspecified atom stereocenters. The van der Waals surface area contributed by atoms with Gasteiger partial charge in [-0.05, 0) is 39.3 Å². The summed E-state index contributed by atoms with van der Waals surface area (Å²) < 4.78 is 0. The van der Waals surface area contributed by atoms with Gasteiger partial charge in [0.15, 0.2) is 0 Å². The molecule has 0 aromatic rings. The van der Waals surface area contributed by atoms with E-state index in [0.717, 1.165) is 12.0 Å². The first-order chi connectivity index (χ1) is 6.07. The van der Waals surface area contributed by atoms with Crippen molar-refractivity contribution in [3.8, 4) is 0 Å². The Labute approximate surface area is 85.5 Å². The lowest BCUT2D eigenvalue weighted by atomic mass is 10.0. The Balaban J connectivity index is 0. The molecule has 0 aliphatic heterocycles. The quantitative estimate of drug-likeness (QED) is 0.633. The van der Waals surface area contributed by atoms with Gasteiger partial charge in [0.1, 0.15) is 0 Å². The number of hydrogen-bond donors (Lipinski definition) is 0. The summed E-state index contributed by atoms with van der Waals surface area (Å²) in [4.78, 5) is 2.41. The largest absolute Gasteiger partial charge is 0.304 e. The highest BCUT2D eigenvalue weighted by atomic mass is 15.1. The third-order valence-electron chi connectivity index (χ3n) is 2.41. The first-order valence-electron chi connectivity index (χ1n) is 5.78. The van der Waals surface area contributed by atoms with E-state index >= 15 is 0 Å². The summed E-state index contributed by atoms with van der Waals surface area (Å²) in [5.74, 6) is 0.850. The van der Waals surface area contributed by atoms with E-state index in [1.54, 1.807) is 0 Å². The highest BCUT2D eigenvalue weighted by Crippen LogP contribution is 2.09. The van der Waals surface area contributed by atoms with E-state index in [1.807, 2.05) is 13.8 Å². The average Bonchev–Trinajstić information content (AvgIpc) is 2.16. The SMILES string of the molecule is CC.CCN(C)C(C)CCC(C)C. The molecular weight excluding hydrogens is 158 g/mol. The van der Waals surface area contributed by atoms with Crippen molar-refractivity contribution in [3.05, 3.63) is 0 Å². The predicted octanol–water partition coefficient (Wildman–Crippen LogP) is 3.79. The molecule has 0 rings (SSSR count). The molecule has 0 fully saturated rings. The summed E-state index contributed by atoms with van der Waals surface area (Å²) in [6.45, 7) is 14.3. The van der Waals surface area contributed by atoms with Crippen molar-refractivity contribution in [2.24, 2.45) is 5.92 Å². The van der Waals surface area contributed by atoms with E-state index in [-0.39, 0.29) is 0 Å². The maximum atomic E-state index is 2.41. The normalized spacial score (nSPS) is 12.7. The molecule has 0 heterocycles. The van der Waals surface area contributed by atoms with Crippen molar-refractivity contribution in [1.82, 2.24) is 4.90 Å². The molecular formula is C12H29N. The van der Waals surface area contributed by atoms with Crippen LogP contribution in [0.1, 0.15) is 54.4 Å². The first kappa shape index (κ1) is 15.4. The van der Waals surface area contributed by atoms with Crippen molar-refractivity contribution in [1.29, 1.82) is 0 Å². The van der Waals surface area contributed by atoms with Crippen LogP contribution < -0.4 is 0 Å². The lowest BCUT2D eigenvalue weighted by Gasteiger charge is -2.23. The molecule has 0 aliphatic carbocycles. The van der Waals surface area contributed by atoms with Crippen LogP contribution in [0.4, 0.5) is 0 Å². The van der Waals surface area contributed by atoms with E-state index in [0.29, 0.717) is 0 Å². The maximum absolute atomic E-state index is 2.41. The second kappa shape index (κ2) is 10.0. The van der Waals surface area contributed by atoms with E-state index in [4.69, 9.17) is 0 Å². The summed E-state index contributed by atoms with van der Waals surface area (Å²) in [6, 6.07) is 0.752. The predicted molar refractivity (Wildman–Crippen MR) is 63.2 cm³/mol. The fourth-order valence-electron chi connectivity index (χ4n) is 1.11. The minimum absolute atomic E-state index is 0.752. The molecule has 0 N–H and O–H groups in total. The molecule has 0 saturated heterocycles. The zero-order valence-electron chi connectivity index (χ0n) is 10.7.